The lowest BCUT2D eigenvalue weighted by molar-refractivity contribution is 0.340. The first-order valence-corrected chi connectivity index (χ1v) is 4.57. The van der Waals surface area contributed by atoms with Crippen LogP contribution in [0.15, 0.2) is 30.3 Å². The predicted octanol–water partition coefficient (Wildman–Crippen LogP) is 2.74. The van der Waals surface area contributed by atoms with Gasteiger partial charge in [0.15, 0.2) is 0 Å². The van der Waals surface area contributed by atoms with Crippen molar-refractivity contribution in [2.45, 2.75) is 6.92 Å². The molecule has 0 heterocycles. The van der Waals surface area contributed by atoms with Gasteiger partial charge < -0.3 is 9.84 Å². The van der Waals surface area contributed by atoms with E-state index in [4.69, 9.17) is 4.74 Å². The second-order valence-electron chi connectivity index (χ2n) is 3.02. The quantitative estimate of drug-likeness (QED) is 0.783. The summed E-state index contributed by atoms with van der Waals surface area (Å²) in [4.78, 5) is 0. The number of hydrogen-bond acceptors (Lipinski definition) is 2. The van der Waals surface area contributed by atoms with Crippen LogP contribution in [0.4, 0.5) is 0 Å². The maximum atomic E-state index is 9.58. The molecular weight excluding hydrogens is 176 g/mol. The molecule has 0 aromatic heterocycles. The zero-order valence-electron chi connectivity index (χ0n) is 7.95. The van der Waals surface area contributed by atoms with Crippen molar-refractivity contribution in [1.82, 2.24) is 0 Å². The Morgan fingerprint density at radius 2 is 2.21 bits per heavy atom. The van der Waals surface area contributed by atoms with Crippen LogP contribution in [0, 0.1) is 6.07 Å². The molecule has 0 saturated carbocycles. The third-order valence-electron chi connectivity index (χ3n) is 2.07. The molecule has 1 radical (unpaired) electrons. The third-order valence-corrected chi connectivity index (χ3v) is 2.07. The molecule has 0 aliphatic rings. The van der Waals surface area contributed by atoms with E-state index in [-0.39, 0.29) is 5.75 Å². The zero-order chi connectivity index (χ0) is 9.97. The summed E-state index contributed by atoms with van der Waals surface area (Å²) in [7, 11) is 0. The molecule has 71 valence electrons. The molecule has 0 aliphatic carbocycles. The molecule has 2 rings (SSSR count). The molecule has 2 aromatic rings. The summed E-state index contributed by atoms with van der Waals surface area (Å²) >= 11 is 0. The molecule has 0 aliphatic heterocycles. The van der Waals surface area contributed by atoms with Gasteiger partial charge in [-0.25, -0.2) is 0 Å². The summed E-state index contributed by atoms with van der Waals surface area (Å²) in [5.41, 5.74) is 0. The topological polar surface area (TPSA) is 29.5 Å². The Morgan fingerprint density at radius 1 is 1.36 bits per heavy atom. The Morgan fingerprint density at radius 3 is 3.00 bits per heavy atom. The van der Waals surface area contributed by atoms with Crippen molar-refractivity contribution in [1.29, 1.82) is 0 Å². The van der Waals surface area contributed by atoms with E-state index in [0.717, 1.165) is 16.5 Å². The Balaban J connectivity index is 2.58. The highest BCUT2D eigenvalue weighted by atomic mass is 16.5. The summed E-state index contributed by atoms with van der Waals surface area (Å²) in [6.45, 7) is 2.56. The number of rotatable bonds is 2. The smallest absolute Gasteiger partial charge is 0.124 e. The highest BCUT2D eigenvalue weighted by molar-refractivity contribution is 5.88. The van der Waals surface area contributed by atoms with E-state index in [9.17, 15) is 5.11 Å². The van der Waals surface area contributed by atoms with Gasteiger partial charge in [0.25, 0.3) is 0 Å². The Labute approximate surface area is 82.8 Å². The number of benzene rings is 2. The molecule has 2 nitrogen and oxygen atoms in total. The van der Waals surface area contributed by atoms with Crippen LogP contribution in [-0.4, -0.2) is 11.7 Å². The first-order valence-electron chi connectivity index (χ1n) is 4.57. The van der Waals surface area contributed by atoms with Crippen molar-refractivity contribution in [3.8, 4) is 11.5 Å². The van der Waals surface area contributed by atoms with Crippen LogP contribution in [0.2, 0.25) is 0 Å². The largest absolute Gasteiger partial charge is 0.507 e. The van der Waals surface area contributed by atoms with Crippen LogP contribution in [0.5, 0.6) is 11.5 Å². The molecule has 0 unspecified atom stereocenters. The SMILES string of the molecule is CCOc1ccc2c[c]cc(O)c2c1. The summed E-state index contributed by atoms with van der Waals surface area (Å²) in [6, 6.07) is 11.9. The van der Waals surface area contributed by atoms with Gasteiger partial charge in [0.2, 0.25) is 0 Å². The Hall–Kier alpha value is -1.70. The minimum Gasteiger partial charge on any atom is -0.507 e. The van der Waals surface area contributed by atoms with Crippen LogP contribution >= 0.6 is 0 Å². The van der Waals surface area contributed by atoms with Gasteiger partial charge in [-0.2, -0.15) is 0 Å². The average Bonchev–Trinajstić information content (AvgIpc) is 2.20. The fraction of sp³-hybridized carbons (Fsp3) is 0.167. The van der Waals surface area contributed by atoms with Gasteiger partial charge in [-0.1, -0.05) is 6.07 Å². The predicted molar refractivity (Wildman–Crippen MR) is 55.6 cm³/mol. The number of fused-ring (bicyclic) bond motifs is 1. The number of phenols is 1. The van der Waals surface area contributed by atoms with E-state index in [2.05, 4.69) is 6.07 Å². The van der Waals surface area contributed by atoms with Gasteiger partial charge >= 0.3 is 0 Å². The maximum absolute atomic E-state index is 9.58. The number of phenolic OH excluding ortho intramolecular Hbond substituents is 1. The first kappa shape index (κ1) is 8.88. The highest BCUT2D eigenvalue weighted by Crippen LogP contribution is 2.27. The number of ether oxygens (including phenoxy) is 1. The van der Waals surface area contributed by atoms with Gasteiger partial charge in [-0.15, -0.1) is 0 Å². The van der Waals surface area contributed by atoms with Crippen molar-refractivity contribution >= 4 is 10.8 Å². The minimum absolute atomic E-state index is 0.240. The maximum Gasteiger partial charge on any atom is 0.124 e. The van der Waals surface area contributed by atoms with Crippen molar-refractivity contribution in [2.75, 3.05) is 6.61 Å². The second-order valence-corrected chi connectivity index (χ2v) is 3.02. The van der Waals surface area contributed by atoms with Crippen LogP contribution in [0.25, 0.3) is 10.8 Å². The van der Waals surface area contributed by atoms with Crippen molar-refractivity contribution < 1.29 is 9.84 Å². The van der Waals surface area contributed by atoms with Gasteiger partial charge in [0, 0.05) is 5.39 Å². The third kappa shape index (κ3) is 1.51. The molecule has 0 saturated heterocycles. The summed E-state index contributed by atoms with van der Waals surface area (Å²) in [5.74, 6) is 1.02. The van der Waals surface area contributed by atoms with E-state index in [1.54, 1.807) is 6.07 Å². The van der Waals surface area contributed by atoms with Crippen LogP contribution in [0.3, 0.4) is 0 Å². The van der Waals surface area contributed by atoms with Crippen LogP contribution in [-0.2, 0) is 0 Å². The van der Waals surface area contributed by atoms with Crippen molar-refractivity contribution in [3.05, 3.63) is 36.4 Å². The first-order chi connectivity index (χ1) is 6.81. The molecule has 0 fully saturated rings. The number of aromatic hydroxyl groups is 1. The summed E-state index contributed by atoms with van der Waals surface area (Å²) in [6.07, 6.45) is 0. The molecule has 0 amide bonds. The fourth-order valence-electron chi connectivity index (χ4n) is 1.43. The molecule has 2 aromatic carbocycles. The van der Waals surface area contributed by atoms with Crippen LogP contribution < -0.4 is 4.74 Å². The van der Waals surface area contributed by atoms with E-state index in [0.29, 0.717) is 6.61 Å². The monoisotopic (exact) mass is 187 g/mol. The van der Waals surface area contributed by atoms with Gasteiger partial charge in [-0.3, -0.25) is 0 Å². The molecule has 0 bridgehead atoms. The van der Waals surface area contributed by atoms with Gasteiger partial charge in [0.1, 0.15) is 11.5 Å². The van der Waals surface area contributed by atoms with E-state index < -0.39 is 0 Å². The lowest BCUT2D eigenvalue weighted by atomic mass is 10.1. The van der Waals surface area contributed by atoms with Crippen molar-refractivity contribution in [3.63, 3.8) is 0 Å². The number of hydrogen-bond donors (Lipinski definition) is 1. The Bertz CT molecular complexity index is 449. The zero-order valence-corrected chi connectivity index (χ0v) is 7.95. The molecule has 14 heavy (non-hydrogen) atoms. The van der Waals surface area contributed by atoms with E-state index in [1.807, 2.05) is 31.2 Å². The van der Waals surface area contributed by atoms with Gasteiger partial charge in [0.05, 0.1) is 6.61 Å². The fourth-order valence-corrected chi connectivity index (χ4v) is 1.43. The molecule has 1 N–H and O–H groups in total. The van der Waals surface area contributed by atoms with E-state index in [1.165, 1.54) is 0 Å². The summed E-state index contributed by atoms with van der Waals surface area (Å²) < 4.78 is 5.35. The van der Waals surface area contributed by atoms with Gasteiger partial charge in [-0.05, 0) is 42.6 Å². The highest BCUT2D eigenvalue weighted by Gasteiger charge is 2.00. The molecular formula is C12H11O2. The standard InChI is InChI=1S/C12H11O2/c1-2-14-10-7-6-9-4-3-5-12(13)11(9)8-10/h4-8,13H,2H2,1H3. The Kier molecular flexibility index (Phi) is 2.27. The lowest BCUT2D eigenvalue weighted by Gasteiger charge is -2.05. The van der Waals surface area contributed by atoms with E-state index >= 15 is 0 Å². The molecule has 0 spiro atoms. The van der Waals surface area contributed by atoms with Crippen molar-refractivity contribution in [2.24, 2.45) is 0 Å². The second kappa shape index (κ2) is 3.58. The normalized spacial score (nSPS) is 10.4. The minimum atomic E-state index is 0.240. The average molecular weight is 187 g/mol. The molecule has 2 heteroatoms. The van der Waals surface area contributed by atoms with Crippen LogP contribution in [0.1, 0.15) is 6.92 Å². The lowest BCUT2D eigenvalue weighted by Crippen LogP contribution is -1.90. The summed E-state index contributed by atoms with van der Waals surface area (Å²) in [5, 5.41) is 11.3. The molecule has 0 atom stereocenters.